The Morgan fingerprint density at radius 2 is 2.04 bits per heavy atom. The average molecular weight is 372 g/mol. The van der Waals surface area contributed by atoms with Crippen LogP contribution in [0.1, 0.15) is 19.8 Å². The Kier molecular flexibility index (Phi) is 6.90. The molecular weight excluding hydrogens is 349 g/mol. The van der Waals surface area contributed by atoms with E-state index >= 15 is 0 Å². The van der Waals surface area contributed by atoms with Gasteiger partial charge >= 0.3 is 0 Å². The fraction of sp³-hybridized carbons (Fsp3) is 0.529. The summed E-state index contributed by atoms with van der Waals surface area (Å²) in [6.45, 7) is 4.15. The molecule has 0 bridgehead atoms. The van der Waals surface area contributed by atoms with Gasteiger partial charge in [-0.2, -0.15) is 0 Å². The second kappa shape index (κ2) is 8.70. The first-order chi connectivity index (χ1) is 11.3. The highest BCUT2D eigenvalue weighted by atomic mass is 35.5. The van der Waals surface area contributed by atoms with E-state index in [-0.39, 0.29) is 24.9 Å². The van der Waals surface area contributed by atoms with E-state index in [4.69, 9.17) is 23.2 Å². The van der Waals surface area contributed by atoms with Gasteiger partial charge in [-0.05, 0) is 44.0 Å². The molecule has 1 heterocycles. The van der Waals surface area contributed by atoms with Gasteiger partial charge in [-0.3, -0.25) is 14.5 Å². The van der Waals surface area contributed by atoms with Crippen molar-refractivity contribution in [3.05, 3.63) is 28.2 Å². The Labute approximate surface area is 152 Å². The summed E-state index contributed by atoms with van der Waals surface area (Å²) in [5, 5.41) is 3.58. The SMILES string of the molecule is C[C@H]1CCCN(C(=O)CN(C)CC(=O)Nc2ccc(Cl)c(Cl)c2)C1. The van der Waals surface area contributed by atoms with E-state index in [1.54, 1.807) is 30.1 Å². The molecule has 1 fully saturated rings. The van der Waals surface area contributed by atoms with Crippen molar-refractivity contribution in [3.8, 4) is 0 Å². The molecule has 1 aromatic rings. The lowest BCUT2D eigenvalue weighted by molar-refractivity contribution is -0.134. The molecule has 1 aromatic carbocycles. The van der Waals surface area contributed by atoms with Crippen molar-refractivity contribution in [2.45, 2.75) is 19.8 Å². The third-order valence-electron chi connectivity index (χ3n) is 4.03. The molecule has 1 saturated heterocycles. The second-order valence-corrected chi connectivity index (χ2v) is 7.25. The van der Waals surface area contributed by atoms with Gasteiger partial charge < -0.3 is 10.2 Å². The Morgan fingerprint density at radius 1 is 1.29 bits per heavy atom. The highest BCUT2D eigenvalue weighted by Crippen LogP contribution is 2.24. The predicted octanol–water partition coefficient (Wildman–Crippen LogP) is 3.12. The Bertz CT molecular complexity index is 609. The molecule has 2 rings (SSSR count). The largest absolute Gasteiger partial charge is 0.341 e. The summed E-state index contributed by atoms with van der Waals surface area (Å²) in [6.07, 6.45) is 2.22. The smallest absolute Gasteiger partial charge is 0.238 e. The molecule has 0 aliphatic carbocycles. The second-order valence-electron chi connectivity index (χ2n) is 6.44. The van der Waals surface area contributed by atoms with E-state index in [0.29, 0.717) is 21.7 Å². The van der Waals surface area contributed by atoms with Gasteiger partial charge in [-0.25, -0.2) is 0 Å². The molecule has 132 valence electrons. The van der Waals surface area contributed by atoms with E-state index in [1.165, 1.54) is 6.42 Å². The van der Waals surface area contributed by atoms with Gasteiger partial charge in [0.15, 0.2) is 0 Å². The molecular formula is C17H23Cl2N3O2. The van der Waals surface area contributed by atoms with Gasteiger partial charge in [0, 0.05) is 18.8 Å². The van der Waals surface area contributed by atoms with Crippen molar-refractivity contribution in [3.63, 3.8) is 0 Å². The van der Waals surface area contributed by atoms with Gasteiger partial charge in [0.1, 0.15) is 0 Å². The van der Waals surface area contributed by atoms with Crippen molar-refractivity contribution >= 4 is 40.7 Å². The topological polar surface area (TPSA) is 52.7 Å². The fourth-order valence-electron chi connectivity index (χ4n) is 2.82. The minimum absolute atomic E-state index is 0.0754. The summed E-state index contributed by atoms with van der Waals surface area (Å²) in [7, 11) is 1.76. The number of hydrogen-bond acceptors (Lipinski definition) is 3. The molecule has 24 heavy (non-hydrogen) atoms. The van der Waals surface area contributed by atoms with Gasteiger partial charge in [-0.15, -0.1) is 0 Å². The lowest BCUT2D eigenvalue weighted by Crippen LogP contribution is -2.45. The zero-order valence-corrected chi connectivity index (χ0v) is 15.5. The highest BCUT2D eigenvalue weighted by molar-refractivity contribution is 6.42. The van der Waals surface area contributed by atoms with E-state index in [2.05, 4.69) is 12.2 Å². The van der Waals surface area contributed by atoms with E-state index in [1.807, 2.05) is 4.90 Å². The van der Waals surface area contributed by atoms with E-state index in [0.717, 1.165) is 19.5 Å². The molecule has 1 aliphatic rings. The minimum Gasteiger partial charge on any atom is -0.341 e. The van der Waals surface area contributed by atoms with Crippen LogP contribution >= 0.6 is 23.2 Å². The maximum atomic E-state index is 12.3. The minimum atomic E-state index is -0.198. The quantitative estimate of drug-likeness (QED) is 0.864. The average Bonchev–Trinajstić information content (AvgIpc) is 2.50. The number of halogens is 2. The van der Waals surface area contributed by atoms with Crippen LogP contribution in [0.2, 0.25) is 10.0 Å². The zero-order chi connectivity index (χ0) is 17.7. The molecule has 7 heteroatoms. The van der Waals surface area contributed by atoms with Gasteiger partial charge in [0.2, 0.25) is 11.8 Å². The number of rotatable bonds is 5. The van der Waals surface area contributed by atoms with Crippen molar-refractivity contribution in [1.82, 2.24) is 9.80 Å². The number of benzene rings is 1. The maximum absolute atomic E-state index is 12.3. The van der Waals surface area contributed by atoms with Crippen LogP contribution in [0.3, 0.4) is 0 Å². The summed E-state index contributed by atoms with van der Waals surface area (Å²) in [6, 6.07) is 4.92. The van der Waals surface area contributed by atoms with E-state index in [9.17, 15) is 9.59 Å². The Morgan fingerprint density at radius 3 is 2.71 bits per heavy atom. The van der Waals surface area contributed by atoms with Gasteiger partial charge in [0.05, 0.1) is 23.1 Å². The monoisotopic (exact) mass is 371 g/mol. The van der Waals surface area contributed by atoms with Crippen LogP contribution in [0.15, 0.2) is 18.2 Å². The summed E-state index contributed by atoms with van der Waals surface area (Å²) in [5.74, 6) is 0.424. The molecule has 0 unspecified atom stereocenters. The molecule has 0 radical (unpaired) electrons. The van der Waals surface area contributed by atoms with Crippen molar-refractivity contribution < 1.29 is 9.59 Å². The molecule has 2 amide bonds. The van der Waals surface area contributed by atoms with Crippen molar-refractivity contribution in [2.24, 2.45) is 5.92 Å². The fourth-order valence-corrected chi connectivity index (χ4v) is 3.12. The molecule has 1 N–H and O–H groups in total. The first-order valence-electron chi connectivity index (χ1n) is 8.06. The molecule has 0 saturated carbocycles. The number of hydrogen-bond donors (Lipinski definition) is 1. The number of piperidine rings is 1. The summed E-state index contributed by atoms with van der Waals surface area (Å²) < 4.78 is 0. The standard InChI is InChI=1S/C17H23Cl2N3O2/c1-12-4-3-7-22(9-12)17(24)11-21(2)10-16(23)20-13-5-6-14(18)15(19)8-13/h5-6,8,12H,3-4,7,9-11H2,1-2H3,(H,20,23)/t12-/m0/s1. The van der Waals surface area contributed by atoms with Gasteiger partial charge in [-0.1, -0.05) is 30.1 Å². The number of nitrogens with one attached hydrogen (secondary N) is 1. The van der Waals surface area contributed by atoms with Crippen LogP contribution in [-0.4, -0.2) is 54.8 Å². The summed E-state index contributed by atoms with van der Waals surface area (Å²) in [4.78, 5) is 28.0. The molecule has 1 aliphatic heterocycles. The normalized spacial score (nSPS) is 17.9. The van der Waals surface area contributed by atoms with Crippen LogP contribution < -0.4 is 5.32 Å². The summed E-state index contributed by atoms with van der Waals surface area (Å²) >= 11 is 11.8. The summed E-state index contributed by atoms with van der Waals surface area (Å²) in [5.41, 5.74) is 0.582. The highest BCUT2D eigenvalue weighted by Gasteiger charge is 2.22. The van der Waals surface area contributed by atoms with Crippen LogP contribution in [0.4, 0.5) is 5.69 Å². The van der Waals surface area contributed by atoms with Crippen molar-refractivity contribution in [1.29, 1.82) is 0 Å². The number of carbonyl (C=O) groups is 2. The van der Waals surface area contributed by atoms with E-state index < -0.39 is 0 Å². The molecule has 0 spiro atoms. The van der Waals surface area contributed by atoms with Crippen LogP contribution in [-0.2, 0) is 9.59 Å². The lowest BCUT2D eigenvalue weighted by atomic mass is 10.0. The number of carbonyl (C=O) groups excluding carboxylic acids is 2. The van der Waals surface area contributed by atoms with Crippen LogP contribution in [0.25, 0.3) is 0 Å². The third kappa shape index (κ3) is 5.65. The number of likely N-dealkylation sites (N-methyl/N-ethyl adjacent to an activating group) is 1. The molecule has 1 atom stereocenters. The molecule has 5 nitrogen and oxygen atoms in total. The third-order valence-corrected chi connectivity index (χ3v) is 4.77. The lowest BCUT2D eigenvalue weighted by Gasteiger charge is -2.32. The first-order valence-corrected chi connectivity index (χ1v) is 8.82. The maximum Gasteiger partial charge on any atom is 0.238 e. The number of anilines is 1. The number of nitrogens with zero attached hydrogens (tertiary/aromatic N) is 2. The Hall–Kier alpha value is -1.30. The van der Waals surface area contributed by atoms with Crippen molar-refractivity contribution in [2.75, 3.05) is 38.5 Å². The zero-order valence-electron chi connectivity index (χ0n) is 14.0. The number of amides is 2. The van der Waals surface area contributed by atoms with Crippen LogP contribution in [0.5, 0.6) is 0 Å². The van der Waals surface area contributed by atoms with Gasteiger partial charge in [0.25, 0.3) is 0 Å². The Balaban J connectivity index is 1.80. The molecule has 0 aromatic heterocycles. The first kappa shape index (κ1) is 19.0. The number of likely N-dealkylation sites (tertiary alicyclic amines) is 1. The predicted molar refractivity (Wildman–Crippen MR) is 97.6 cm³/mol. The van der Waals surface area contributed by atoms with Crippen LogP contribution in [0, 0.1) is 5.92 Å².